The van der Waals surface area contributed by atoms with Crippen LogP contribution < -0.4 is 0 Å². The molecule has 0 aliphatic carbocycles. The Labute approximate surface area is 93.9 Å². The van der Waals surface area contributed by atoms with Gasteiger partial charge in [-0.25, -0.2) is 0 Å². The van der Waals surface area contributed by atoms with Gasteiger partial charge < -0.3 is 5.11 Å². The summed E-state index contributed by atoms with van der Waals surface area (Å²) in [5.74, 6) is -0.0148. The highest BCUT2D eigenvalue weighted by Crippen LogP contribution is 2.35. The number of aliphatic carboxylic acids is 1. The summed E-state index contributed by atoms with van der Waals surface area (Å²) in [7, 11) is 0. The first-order valence-electron chi connectivity index (χ1n) is 4.90. The van der Waals surface area contributed by atoms with Gasteiger partial charge in [0.1, 0.15) is 0 Å². The molecule has 1 unspecified atom stereocenters. The van der Waals surface area contributed by atoms with Crippen LogP contribution in [0.25, 0.3) is 0 Å². The quantitative estimate of drug-likeness (QED) is 0.836. The topological polar surface area (TPSA) is 50.2 Å². The number of carboxylic acids is 1. The molecule has 0 aliphatic rings. The molecule has 82 valence electrons. The van der Waals surface area contributed by atoms with E-state index < -0.39 is 10.7 Å². The predicted octanol–water partition coefficient (Wildman–Crippen LogP) is 2.52. The lowest BCUT2D eigenvalue weighted by Gasteiger charge is -2.23. The van der Waals surface area contributed by atoms with Crippen LogP contribution in [0.15, 0.2) is 24.4 Å². The lowest BCUT2D eigenvalue weighted by Crippen LogP contribution is -2.30. The van der Waals surface area contributed by atoms with Gasteiger partial charge >= 0.3 is 5.97 Å². The molecule has 3 nitrogen and oxygen atoms in total. The average Bonchev–Trinajstić information content (AvgIpc) is 2.27. The maximum atomic E-state index is 11.3. The molecule has 1 atom stereocenters. The highest BCUT2D eigenvalue weighted by Gasteiger charge is 2.36. The Balaban J connectivity index is 2.96. The Hall–Kier alpha value is -1.03. The van der Waals surface area contributed by atoms with Crippen molar-refractivity contribution in [3.05, 3.63) is 30.1 Å². The minimum Gasteiger partial charge on any atom is -0.480 e. The Morgan fingerprint density at radius 1 is 1.60 bits per heavy atom. The van der Waals surface area contributed by atoms with Gasteiger partial charge in [-0.15, -0.1) is 11.8 Å². The van der Waals surface area contributed by atoms with Crippen molar-refractivity contribution < 1.29 is 9.90 Å². The lowest BCUT2D eigenvalue weighted by atomic mass is 10.1. The number of carboxylic acid groups (broad SMARTS) is 1. The van der Waals surface area contributed by atoms with Gasteiger partial charge in [0.15, 0.2) is 4.75 Å². The molecular formula is C11H15NO2S. The molecule has 1 N–H and O–H groups in total. The van der Waals surface area contributed by atoms with E-state index in [2.05, 4.69) is 4.98 Å². The molecule has 1 heterocycles. The second-order valence-corrected chi connectivity index (χ2v) is 4.92. The molecule has 1 rings (SSSR count). The van der Waals surface area contributed by atoms with E-state index in [9.17, 15) is 9.90 Å². The smallest absolute Gasteiger partial charge is 0.325 e. The van der Waals surface area contributed by atoms with Crippen LogP contribution in [0, 0.1) is 0 Å². The van der Waals surface area contributed by atoms with Crippen molar-refractivity contribution in [2.24, 2.45) is 0 Å². The van der Waals surface area contributed by atoms with E-state index in [0.29, 0.717) is 5.69 Å². The van der Waals surface area contributed by atoms with Crippen LogP contribution in [0.2, 0.25) is 0 Å². The minimum absolute atomic E-state index is 0.607. The summed E-state index contributed by atoms with van der Waals surface area (Å²) in [5.41, 5.74) is 0.607. The normalized spacial score (nSPS) is 14.5. The Morgan fingerprint density at radius 3 is 2.80 bits per heavy atom. The number of pyridine rings is 1. The first kappa shape index (κ1) is 12.0. The van der Waals surface area contributed by atoms with Crippen LogP contribution in [0.1, 0.15) is 26.0 Å². The molecule has 0 radical (unpaired) electrons. The lowest BCUT2D eigenvalue weighted by molar-refractivity contribution is -0.139. The third-order valence-corrected chi connectivity index (χ3v) is 3.73. The largest absolute Gasteiger partial charge is 0.480 e. The first-order chi connectivity index (χ1) is 7.11. The maximum absolute atomic E-state index is 11.3. The summed E-state index contributed by atoms with van der Waals surface area (Å²) in [4.78, 5) is 15.4. The molecule has 1 aromatic heterocycles. The molecule has 4 heteroatoms. The van der Waals surface area contributed by atoms with Gasteiger partial charge in [0.05, 0.1) is 5.69 Å². The third-order valence-electron chi connectivity index (χ3n) is 2.16. The monoisotopic (exact) mass is 225 g/mol. The van der Waals surface area contributed by atoms with Crippen molar-refractivity contribution >= 4 is 17.7 Å². The fourth-order valence-electron chi connectivity index (χ4n) is 1.20. The molecule has 0 spiro atoms. The summed E-state index contributed by atoms with van der Waals surface area (Å²) in [6.45, 7) is 3.74. The van der Waals surface area contributed by atoms with Gasteiger partial charge in [-0.3, -0.25) is 9.78 Å². The summed E-state index contributed by atoms with van der Waals surface area (Å²) in [5, 5.41) is 9.25. The summed E-state index contributed by atoms with van der Waals surface area (Å²) >= 11 is 1.42. The van der Waals surface area contributed by atoms with Crippen LogP contribution in [-0.2, 0) is 9.54 Å². The number of hydrogen-bond donors (Lipinski definition) is 1. The SMILES string of the molecule is CCCSC(C)(C(=O)O)c1ccccn1. The van der Waals surface area contributed by atoms with Crippen molar-refractivity contribution in [2.75, 3.05) is 5.75 Å². The number of nitrogens with zero attached hydrogens (tertiary/aromatic N) is 1. The molecule has 0 saturated heterocycles. The van der Waals surface area contributed by atoms with Crippen molar-refractivity contribution in [2.45, 2.75) is 25.0 Å². The van der Waals surface area contributed by atoms with Crippen LogP contribution in [0.4, 0.5) is 0 Å². The zero-order valence-corrected chi connectivity index (χ0v) is 9.75. The molecule has 0 fully saturated rings. The molecule has 0 saturated carbocycles. The van der Waals surface area contributed by atoms with E-state index in [-0.39, 0.29) is 0 Å². The van der Waals surface area contributed by atoms with Gasteiger partial charge in [0.2, 0.25) is 0 Å². The van der Waals surface area contributed by atoms with E-state index >= 15 is 0 Å². The van der Waals surface area contributed by atoms with Gasteiger partial charge in [0, 0.05) is 6.20 Å². The Kier molecular flexibility index (Phi) is 4.15. The Morgan fingerprint density at radius 2 is 2.33 bits per heavy atom. The highest BCUT2D eigenvalue weighted by molar-refractivity contribution is 8.00. The number of aromatic nitrogens is 1. The van der Waals surface area contributed by atoms with E-state index in [1.54, 1.807) is 25.3 Å². The van der Waals surface area contributed by atoms with E-state index in [1.807, 2.05) is 13.0 Å². The highest BCUT2D eigenvalue weighted by atomic mass is 32.2. The van der Waals surface area contributed by atoms with Gasteiger partial charge in [-0.05, 0) is 31.2 Å². The maximum Gasteiger partial charge on any atom is 0.325 e. The van der Waals surface area contributed by atoms with E-state index in [0.717, 1.165) is 12.2 Å². The van der Waals surface area contributed by atoms with Crippen molar-refractivity contribution in [3.8, 4) is 0 Å². The molecule has 0 aliphatic heterocycles. The van der Waals surface area contributed by atoms with Crippen LogP contribution in [-0.4, -0.2) is 21.8 Å². The molecule has 1 aromatic rings. The summed E-state index contributed by atoms with van der Waals surface area (Å²) in [6, 6.07) is 5.36. The van der Waals surface area contributed by atoms with Crippen molar-refractivity contribution in [1.29, 1.82) is 0 Å². The molecule has 15 heavy (non-hydrogen) atoms. The molecule has 0 amide bonds. The van der Waals surface area contributed by atoms with Crippen molar-refractivity contribution in [3.63, 3.8) is 0 Å². The predicted molar refractivity (Wildman–Crippen MR) is 62.0 cm³/mol. The second-order valence-electron chi connectivity index (χ2n) is 3.40. The number of thioether (sulfide) groups is 1. The molecular weight excluding hydrogens is 210 g/mol. The summed E-state index contributed by atoms with van der Waals surface area (Å²) < 4.78 is -0.933. The van der Waals surface area contributed by atoms with Gasteiger partial charge in [0.25, 0.3) is 0 Å². The first-order valence-corrected chi connectivity index (χ1v) is 5.88. The number of rotatable bonds is 5. The molecule has 0 aromatic carbocycles. The summed E-state index contributed by atoms with van der Waals surface area (Å²) in [6.07, 6.45) is 2.59. The fraction of sp³-hybridized carbons (Fsp3) is 0.455. The zero-order valence-electron chi connectivity index (χ0n) is 8.93. The van der Waals surface area contributed by atoms with E-state index in [4.69, 9.17) is 0 Å². The fourth-order valence-corrected chi connectivity index (χ4v) is 2.20. The standard InChI is InChI=1S/C11H15NO2S/c1-3-8-15-11(2,10(13)14)9-6-4-5-7-12-9/h4-7H,3,8H2,1-2H3,(H,13,14). The van der Waals surface area contributed by atoms with Crippen LogP contribution in [0.3, 0.4) is 0 Å². The van der Waals surface area contributed by atoms with Crippen LogP contribution >= 0.6 is 11.8 Å². The minimum atomic E-state index is -0.933. The van der Waals surface area contributed by atoms with Crippen molar-refractivity contribution in [1.82, 2.24) is 4.98 Å². The van der Waals surface area contributed by atoms with Gasteiger partial charge in [-0.2, -0.15) is 0 Å². The number of hydrogen-bond acceptors (Lipinski definition) is 3. The number of carbonyl (C=O) groups is 1. The van der Waals surface area contributed by atoms with Gasteiger partial charge in [-0.1, -0.05) is 13.0 Å². The third kappa shape index (κ3) is 2.72. The Bertz CT molecular complexity index is 329. The van der Waals surface area contributed by atoms with Crippen LogP contribution in [0.5, 0.6) is 0 Å². The van der Waals surface area contributed by atoms with E-state index in [1.165, 1.54) is 11.8 Å². The average molecular weight is 225 g/mol. The zero-order chi connectivity index (χ0) is 11.3. The molecule has 0 bridgehead atoms. The second kappa shape index (κ2) is 5.16.